The summed E-state index contributed by atoms with van der Waals surface area (Å²) in [4.78, 5) is 4.85. The summed E-state index contributed by atoms with van der Waals surface area (Å²) in [5, 5.41) is 7.30. The summed E-state index contributed by atoms with van der Waals surface area (Å²) in [5.74, 6) is 3.91. The predicted octanol–water partition coefficient (Wildman–Crippen LogP) is 12.6. The first-order valence-electron chi connectivity index (χ1n) is 18.7. The number of fused-ring (bicyclic) bond motifs is 3. The Morgan fingerprint density at radius 1 is 0.706 bits per heavy atom. The van der Waals surface area contributed by atoms with Gasteiger partial charge in [-0.05, 0) is 107 Å². The standard InChI is InChI=1S/C46H50N4O/c1-8-9-13-33-23-36(49-29-35(28-48-49)46-39(31(4)5)15-12-16-40(46)32(6)7)26-38(24-33)51-37-18-19-42-41-14-10-11-17-43(41)50(44(42)27-37)45-25-34(20-21-47-45)22-30(2)3/h10-12,14-21,23-32H,8-9,13,22H2,1-7H3. The largest absolute Gasteiger partial charge is 0.457 e. The van der Waals surface area contributed by atoms with E-state index in [1.54, 1.807) is 0 Å². The number of ether oxygens (including phenoxy) is 1. The van der Waals surface area contributed by atoms with Crippen molar-refractivity contribution >= 4 is 21.8 Å². The van der Waals surface area contributed by atoms with Crippen LogP contribution in [0.1, 0.15) is 95.4 Å². The van der Waals surface area contributed by atoms with Crippen LogP contribution in [-0.4, -0.2) is 19.3 Å². The van der Waals surface area contributed by atoms with Gasteiger partial charge in [-0.25, -0.2) is 9.67 Å². The summed E-state index contributed by atoms with van der Waals surface area (Å²) in [5.41, 5.74) is 10.9. The van der Waals surface area contributed by atoms with E-state index >= 15 is 0 Å². The molecule has 0 spiro atoms. The third kappa shape index (κ3) is 7.08. The molecule has 0 N–H and O–H groups in total. The second-order valence-electron chi connectivity index (χ2n) is 15.0. The van der Waals surface area contributed by atoms with Gasteiger partial charge in [0, 0.05) is 40.9 Å². The molecule has 7 aromatic rings. The van der Waals surface area contributed by atoms with E-state index in [-0.39, 0.29) is 0 Å². The van der Waals surface area contributed by atoms with Gasteiger partial charge in [-0.3, -0.25) is 4.57 Å². The summed E-state index contributed by atoms with van der Waals surface area (Å²) < 4.78 is 11.0. The molecule has 5 heteroatoms. The molecule has 7 rings (SSSR count). The van der Waals surface area contributed by atoms with Crippen LogP contribution >= 0.6 is 0 Å². The van der Waals surface area contributed by atoms with Gasteiger partial charge in [-0.2, -0.15) is 5.10 Å². The SMILES string of the molecule is CCCCc1cc(Oc2ccc3c4ccccc4n(-c4cc(CC(C)C)ccn4)c3c2)cc(-n2cc(-c3c(C(C)C)cccc3C(C)C)cn2)c1. The average molecular weight is 675 g/mol. The van der Waals surface area contributed by atoms with Crippen molar-refractivity contribution in [2.24, 2.45) is 5.92 Å². The Balaban J connectivity index is 1.29. The van der Waals surface area contributed by atoms with E-state index in [1.807, 2.05) is 17.1 Å². The lowest BCUT2D eigenvalue weighted by atomic mass is 9.86. The number of rotatable bonds is 12. The minimum absolute atomic E-state index is 0.412. The van der Waals surface area contributed by atoms with Crippen LogP contribution in [0.25, 0.3) is 44.4 Å². The molecule has 4 aromatic carbocycles. The second kappa shape index (κ2) is 14.6. The van der Waals surface area contributed by atoms with Gasteiger partial charge in [0.25, 0.3) is 0 Å². The Labute approximate surface area is 302 Å². The van der Waals surface area contributed by atoms with Gasteiger partial charge in [0.2, 0.25) is 0 Å². The molecule has 260 valence electrons. The number of hydrogen-bond acceptors (Lipinski definition) is 3. The lowest BCUT2D eigenvalue weighted by Gasteiger charge is -2.18. The van der Waals surface area contributed by atoms with Gasteiger partial charge in [0.1, 0.15) is 17.3 Å². The molecule has 0 saturated carbocycles. The topological polar surface area (TPSA) is 44.9 Å². The summed E-state index contributed by atoms with van der Waals surface area (Å²) in [6.45, 7) is 15.8. The summed E-state index contributed by atoms with van der Waals surface area (Å²) in [6.07, 6.45) is 10.4. The van der Waals surface area contributed by atoms with Gasteiger partial charge >= 0.3 is 0 Å². The number of benzene rings is 4. The molecule has 5 nitrogen and oxygen atoms in total. The molecule has 0 saturated heterocycles. The molecule has 51 heavy (non-hydrogen) atoms. The molecule has 0 amide bonds. The van der Waals surface area contributed by atoms with Crippen molar-refractivity contribution in [2.75, 3.05) is 0 Å². The number of nitrogens with zero attached hydrogens (tertiary/aromatic N) is 4. The van der Waals surface area contributed by atoms with E-state index in [4.69, 9.17) is 14.8 Å². The second-order valence-corrected chi connectivity index (χ2v) is 15.0. The molecule has 0 aliphatic carbocycles. The fraction of sp³-hybridized carbons (Fsp3) is 0.304. The van der Waals surface area contributed by atoms with E-state index < -0.39 is 0 Å². The molecular formula is C46H50N4O. The maximum atomic E-state index is 6.75. The quantitative estimate of drug-likeness (QED) is 0.130. The van der Waals surface area contributed by atoms with Crippen molar-refractivity contribution in [3.8, 4) is 34.1 Å². The zero-order chi connectivity index (χ0) is 35.6. The first-order chi connectivity index (χ1) is 24.7. The fourth-order valence-electron chi connectivity index (χ4n) is 7.42. The maximum absolute atomic E-state index is 6.75. The highest BCUT2D eigenvalue weighted by atomic mass is 16.5. The van der Waals surface area contributed by atoms with E-state index in [0.29, 0.717) is 17.8 Å². The zero-order valence-electron chi connectivity index (χ0n) is 31.1. The first-order valence-corrected chi connectivity index (χ1v) is 18.7. The maximum Gasteiger partial charge on any atom is 0.137 e. The van der Waals surface area contributed by atoms with Crippen LogP contribution < -0.4 is 4.74 Å². The Morgan fingerprint density at radius 2 is 1.47 bits per heavy atom. The third-order valence-corrected chi connectivity index (χ3v) is 9.84. The number of unbranched alkanes of at least 4 members (excludes halogenated alkanes) is 1. The number of para-hydroxylation sites is 1. The van der Waals surface area contributed by atoms with Crippen molar-refractivity contribution < 1.29 is 4.74 Å². The Bertz CT molecular complexity index is 2280. The van der Waals surface area contributed by atoms with Gasteiger partial charge in [0.15, 0.2) is 0 Å². The Hall–Kier alpha value is -5.16. The number of pyridine rings is 1. The smallest absolute Gasteiger partial charge is 0.137 e. The minimum Gasteiger partial charge on any atom is -0.457 e. The molecule has 0 aliphatic heterocycles. The van der Waals surface area contributed by atoms with Crippen molar-refractivity contribution in [1.29, 1.82) is 0 Å². The van der Waals surface area contributed by atoms with Crippen LogP contribution in [0.4, 0.5) is 0 Å². The minimum atomic E-state index is 0.412. The lowest BCUT2D eigenvalue weighted by Crippen LogP contribution is -2.01. The number of aromatic nitrogens is 4. The lowest BCUT2D eigenvalue weighted by molar-refractivity contribution is 0.482. The molecule has 0 unspecified atom stereocenters. The highest BCUT2D eigenvalue weighted by Gasteiger charge is 2.19. The van der Waals surface area contributed by atoms with Crippen LogP contribution in [0.15, 0.2) is 110 Å². The van der Waals surface area contributed by atoms with E-state index in [1.165, 1.54) is 38.6 Å². The summed E-state index contributed by atoms with van der Waals surface area (Å²) in [6, 6.07) is 32.6. The van der Waals surface area contributed by atoms with Gasteiger partial charge in [-0.1, -0.05) is 91.3 Å². The Morgan fingerprint density at radius 3 is 2.22 bits per heavy atom. The normalized spacial score (nSPS) is 11.9. The van der Waals surface area contributed by atoms with E-state index in [9.17, 15) is 0 Å². The van der Waals surface area contributed by atoms with Crippen molar-refractivity contribution in [3.63, 3.8) is 0 Å². The molecule has 3 heterocycles. The number of aryl methyl sites for hydroxylation is 1. The Kier molecular flexibility index (Phi) is 9.82. The molecule has 0 radical (unpaired) electrons. The molecule has 3 aromatic heterocycles. The van der Waals surface area contributed by atoms with Gasteiger partial charge < -0.3 is 4.74 Å². The van der Waals surface area contributed by atoms with Crippen molar-refractivity contribution in [2.45, 2.75) is 86.0 Å². The molecule has 0 aliphatic rings. The highest BCUT2D eigenvalue weighted by Crippen LogP contribution is 2.38. The van der Waals surface area contributed by atoms with E-state index in [2.05, 4.69) is 150 Å². The van der Waals surface area contributed by atoms with Crippen molar-refractivity contribution in [3.05, 3.63) is 132 Å². The summed E-state index contributed by atoms with van der Waals surface area (Å²) >= 11 is 0. The highest BCUT2D eigenvalue weighted by molar-refractivity contribution is 6.09. The first kappa shape index (κ1) is 34.3. The molecule has 0 bridgehead atoms. The van der Waals surface area contributed by atoms with Crippen LogP contribution in [0.2, 0.25) is 0 Å². The van der Waals surface area contributed by atoms with Gasteiger partial charge in [-0.15, -0.1) is 0 Å². The van der Waals surface area contributed by atoms with Crippen LogP contribution in [0.5, 0.6) is 11.5 Å². The molecular weight excluding hydrogens is 625 g/mol. The molecule has 0 fully saturated rings. The van der Waals surface area contributed by atoms with Gasteiger partial charge in [0.05, 0.1) is 22.9 Å². The zero-order valence-corrected chi connectivity index (χ0v) is 31.1. The van der Waals surface area contributed by atoms with Crippen LogP contribution in [-0.2, 0) is 12.8 Å². The van der Waals surface area contributed by atoms with Crippen LogP contribution in [0.3, 0.4) is 0 Å². The van der Waals surface area contributed by atoms with Crippen molar-refractivity contribution in [1.82, 2.24) is 19.3 Å². The third-order valence-electron chi connectivity index (χ3n) is 9.84. The van der Waals surface area contributed by atoms with Crippen LogP contribution in [0, 0.1) is 5.92 Å². The fourth-order valence-corrected chi connectivity index (χ4v) is 7.42. The summed E-state index contributed by atoms with van der Waals surface area (Å²) in [7, 11) is 0. The monoisotopic (exact) mass is 674 g/mol. The predicted molar refractivity (Wildman–Crippen MR) is 213 cm³/mol. The number of hydrogen-bond donors (Lipinski definition) is 0. The average Bonchev–Trinajstić information content (AvgIpc) is 3.73. The molecule has 0 atom stereocenters. The van der Waals surface area contributed by atoms with E-state index in [0.717, 1.165) is 65.3 Å².